The summed E-state index contributed by atoms with van der Waals surface area (Å²) >= 11 is 0. The first-order valence-electron chi connectivity index (χ1n) is 8.54. The minimum atomic E-state index is -0.584. The van der Waals surface area contributed by atoms with Crippen LogP contribution in [0.4, 0.5) is 0 Å². The highest BCUT2D eigenvalue weighted by molar-refractivity contribution is 5.80. The van der Waals surface area contributed by atoms with Gasteiger partial charge in [0.15, 0.2) is 0 Å². The average molecular weight is 298 g/mol. The number of ether oxygens (including phenoxy) is 1. The van der Waals surface area contributed by atoms with Gasteiger partial charge in [0, 0.05) is 6.04 Å². The van der Waals surface area contributed by atoms with Gasteiger partial charge in [-0.3, -0.25) is 4.79 Å². The second-order valence-corrected chi connectivity index (χ2v) is 6.65. The van der Waals surface area contributed by atoms with E-state index in [0.29, 0.717) is 6.04 Å². The molecule has 1 aliphatic rings. The monoisotopic (exact) mass is 298 g/mol. The zero-order valence-electron chi connectivity index (χ0n) is 14.6. The van der Waals surface area contributed by atoms with E-state index in [2.05, 4.69) is 24.1 Å². The third kappa shape index (κ3) is 5.26. The molecule has 0 bridgehead atoms. The van der Waals surface area contributed by atoms with Crippen molar-refractivity contribution in [2.24, 2.45) is 5.92 Å². The van der Waals surface area contributed by atoms with Gasteiger partial charge >= 0.3 is 5.97 Å². The minimum Gasteiger partial charge on any atom is -0.468 e. The van der Waals surface area contributed by atoms with Crippen LogP contribution in [0.5, 0.6) is 0 Å². The minimum absolute atomic E-state index is 0.155. The largest absolute Gasteiger partial charge is 0.468 e. The van der Waals surface area contributed by atoms with Gasteiger partial charge in [0.25, 0.3) is 0 Å². The highest BCUT2D eigenvalue weighted by Crippen LogP contribution is 2.24. The molecule has 0 aromatic heterocycles. The number of rotatable bonds is 7. The van der Waals surface area contributed by atoms with Crippen molar-refractivity contribution in [3.63, 3.8) is 0 Å². The van der Waals surface area contributed by atoms with E-state index in [1.165, 1.54) is 32.8 Å². The standard InChI is InChI=1S/C17H34N2O2/c1-6-15-9-8-11-19(12-10-15)14(3)13-17(4,18-7-2)16(20)21-5/h14-15,18H,6-13H2,1-5H3. The van der Waals surface area contributed by atoms with Crippen LogP contribution in [0.15, 0.2) is 0 Å². The Balaban J connectivity index is 2.64. The lowest BCUT2D eigenvalue weighted by atomic mass is 9.92. The molecule has 0 aromatic carbocycles. The Morgan fingerprint density at radius 1 is 1.38 bits per heavy atom. The molecule has 0 aromatic rings. The Kier molecular flexibility index (Phi) is 7.67. The molecule has 0 spiro atoms. The maximum Gasteiger partial charge on any atom is 0.325 e. The molecule has 1 fully saturated rings. The van der Waals surface area contributed by atoms with Crippen molar-refractivity contribution < 1.29 is 9.53 Å². The summed E-state index contributed by atoms with van der Waals surface area (Å²) in [5, 5.41) is 3.31. The summed E-state index contributed by atoms with van der Waals surface area (Å²) in [5.74, 6) is 0.723. The van der Waals surface area contributed by atoms with Gasteiger partial charge in [0.05, 0.1) is 7.11 Å². The van der Waals surface area contributed by atoms with Crippen molar-refractivity contribution >= 4 is 5.97 Å². The van der Waals surface area contributed by atoms with Gasteiger partial charge in [-0.1, -0.05) is 20.3 Å². The van der Waals surface area contributed by atoms with Gasteiger partial charge in [-0.05, 0) is 65.1 Å². The maximum absolute atomic E-state index is 12.1. The van der Waals surface area contributed by atoms with E-state index >= 15 is 0 Å². The van der Waals surface area contributed by atoms with E-state index in [1.54, 1.807) is 0 Å². The van der Waals surface area contributed by atoms with Gasteiger partial charge < -0.3 is 15.0 Å². The average Bonchev–Trinajstić information content (AvgIpc) is 2.71. The fourth-order valence-corrected chi connectivity index (χ4v) is 3.60. The van der Waals surface area contributed by atoms with Crippen LogP contribution in [0.2, 0.25) is 0 Å². The molecule has 1 heterocycles. The number of nitrogens with one attached hydrogen (secondary N) is 1. The molecular weight excluding hydrogens is 264 g/mol. The number of methoxy groups -OCH3 is 1. The van der Waals surface area contributed by atoms with E-state index in [0.717, 1.165) is 32.0 Å². The Labute approximate surface area is 130 Å². The molecule has 0 amide bonds. The fourth-order valence-electron chi connectivity index (χ4n) is 3.60. The van der Waals surface area contributed by atoms with E-state index < -0.39 is 5.54 Å². The Morgan fingerprint density at radius 2 is 2.10 bits per heavy atom. The lowest BCUT2D eigenvalue weighted by molar-refractivity contribution is -0.148. The van der Waals surface area contributed by atoms with Gasteiger partial charge in [-0.25, -0.2) is 0 Å². The molecule has 3 atom stereocenters. The molecule has 0 aliphatic carbocycles. The first-order valence-corrected chi connectivity index (χ1v) is 8.54. The SMILES string of the molecule is CCNC(C)(CC(C)N1CCCC(CC)CC1)C(=O)OC. The summed E-state index contributed by atoms with van der Waals surface area (Å²) in [6, 6.07) is 0.392. The van der Waals surface area contributed by atoms with Crippen LogP contribution in [0.1, 0.15) is 59.8 Å². The molecule has 1 saturated heterocycles. The summed E-state index contributed by atoms with van der Waals surface area (Å²) in [6.07, 6.45) is 6.00. The van der Waals surface area contributed by atoms with Crippen LogP contribution in [-0.4, -0.2) is 49.2 Å². The molecule has 3 unspecified atom stereocenters. The first-order chi connectivity index (χ1) is 9.96. The van der Waals surface area contributed by atoms with Crippen LogP contribution < -0.4 is 5.32 Å². The van der Waals surface area contributed by atoms with Crippen molar-refractivity contribution in [3.05, 3.63) is 0 Å². The third-order valence-electron chi connectivity index (χ3n) is 4.99. The van der Waals surface area contributed by atoms with Gasteiger partial charge in [0.2, 0.25) is 0 Å². The molecule has 124 valence electrons. The van der Waals surface area contributed by atoms with Crippen LogP contribution in [0, 0.1) is 5.92 Å². The van der Waals surface area contributed by atoms with Crippen LogP contribution in [0.3, 0.4) is 0 Å². The predicted molar refractivity (Wildman–Crippen MR) is 87.4 cm³/mol. The van der Waals surface area contributed by atoms with E-state index in [-0.39, 0.29) is 5.97 Å². The Bertz CT molecular complexity index is 322. The van der Waals surface area contributed by atoms with Crippen LogP contribution in [0.25, 0.3) is 0 Å². The number of likely N-dealkylation sites (tertiary alicyclic amines) is 1. The van der Waals surface area contributed by atoms with Crippen molar-refractivity contribution in [1.82, 2.24) is 10.2 Å². The molecule has 1 N–H and O–H groups in total. The van der Waals surface area contributed by atoms with Crippen LogP contribution in [-0.2, 0) is 9.53 Å². The number of carbonyl (C=O) groups excluding carboxylic acids is 1. The molecule has 4 heteroatoms. The second-order valence-electron chi connectivity index (χ2n) is 6.65. The Hall–Kier alpha value is -0.610. The fraction of sp³-hybridized carbons (Fsp3) is 0.941. The lowest BCUT2D eigenvalue weighted by Crippen LogP contribution is -2.54. The summed E-state index contributed by atoms with van der Waals surface area (Å²) in [5.41, 5.74) is -0.584. The Morgan fingerprint density at radius 3 is 2.67 bits per heavy atom. The molecule has 1 aliphatic heterocycles. The quantitative estimate of drug-likeness (QED) is 0.734. The molecule has 21 heavy (non-hydrogen) atoms. The maximum atomic E-state index is 12.1. The normalized spacial score (nSPS) is 24.9. The number of likely N-dealkylation sites (N-methyl/N-ethyl adjacent to an activating group) is 1. The zero-order chi connectivity index (χ0) is 15.9. The summed E-state index contributed by atoms with van der Waals surface area (Å²) < 4.78 is 5.00. The van der Waals surface area contributed by atoms with Gasteiger partial charge in [0.1, 0.15) is 5.54 Å². The first kappa shape index (κ1) is 18.4. The number of carbonyl (C=O) groups is 1. The molecule has 1 rings (SSSR count). The molecule has 0 saturated carbocycles. The molecular formula is C17H34N2O2. The molecule has 0 radical (unpaired) electrons. The molecule has 4 nitrogen and oxygen atoms in total. The number of nitrogens with zero attached hydrogens (tertiary/aromatic N) is 1. The number of hydrogen-bond acceptors (Lipinski definition) is 4. The summed E-state index contributed by atoms with van der Waals surface area (Å²) in [6.45, 7) is 11.6. The number of esters is 1. The topological polar surface area (TPSA) is 41.6 Å². The predicted octanol–water partition coefficient (Wildman–Crippen LogP) is 2.82. The highest BCUT2D eigenvalue weighted by atomic mass is 16.5. The van der Waals surface area contributed by atoms with E-state index in [4.69, 9.17) is 4.74 Å². The second kappa shape index (κ2) is 8.74. The lowest BCUT2D eigenvalue weighted by Gasteiger charge is -2.35. The zero-order valence-corrected chi connectivity index (χ0v) is 14.6. The number of hydrogen-bond donors (Lipinski definition) is 1. The van der Waals surface area contributed by atoms with Gasteiger partial charge in [-0.15, -0.1) is 0 Å². The van der Waals surface area contributed by atoms with Crippen molar-refractivity contribution in [1.29, 1.82) is 0 Å². The smallest absolute Gasteiger partial charge is 0.325 e. The van der Waals surface area contributed by atoms with E-state index in [1.807, 2.05) is 13.8 Å². The van der Waals surface area contributed by atoms with Crippen LogP contribution >= 0.6 is 0 Å². The van der Waals surface area contributed by atoms with Gasteiger partial charge in [-0.2, -0.15) is 0 Å². The summed E-state index contributed by atoms with van der Waals surface area (Å²) in [7, 11) is 1.47. The summed E-state index contributed by atoms with van der Waals surface area (Å²) in [4.78, 5) is 14.7. The third-order valence-corrected chi connectivity index (χ3v) is 4.99. The van der Waals surface area contributed by atoms with Crippen molar-refractivity contribution in [3.8, 4) is 0 Å². The van der Waals surface area contributed by atoms with Crippen molar-refractivity contribution in [2.75, 3.05) is 26.7 Å². The van der Waals surface area contributed by atoms with E-state index in [9.17, 15) is 4.79 Å². The highest BCUT2D eigenvalue weighted by Gasteiger charge is 2.36. The van der Waals surface area contributed by atoms with Crippen molar-refractivity contribution in [2.45, 2.75) is 71.4 Å².